The van der Waals surface area contributed by atoms with Crippen molar-refractivity contribution in [2.24, 2.45) is 4.99 Å². The molecule has 1 aliphatic rings. The van der Waals surface area contributed by atoms with Gasteiger partial charge in [0.2, 0.25) is 11.7 Å². The molecule has 0 amide bonds. The molecule has 0 radical (unpaired) electrons. The van der Waals surface area contributed by atoms with Crippen molar-refractivity contribution < 1.29 is 9.26 Å². The summed E-state index contributed by atoms with van der Waals surface area (Å²) in [6.45, 7) is 7.05. The molecule has 30 heavy (non-hydrogen) atoms. The Kier molecular flexibility index (Phi) is 10.8. The van der Waals surface area contributed by atoms with Crippen LogP contribution in [0, 0.1) is 0 Å². The summed E-state index contributed by atoms with van der Waals surface area (Å²) in [5.41, 5.74) is 0.821. The summed E-state index contributed by atoms with van der Waals surface area (Å²) in [4.78, 5) is 11.5. The molecule has 0 bridgehead atoms. The fraction of sp³-hybridized carbons (Fsp3) is 0.550. The Morgan fingerprint density at radius 1 is 1.37 bits per heavy atom. The van der Waals surface area contributed by atoms with Crippen molar-refractivity contribution >= 4 is 41.5 Å². The highest BCUT2D eigenvalue weighted by Crippen LogP contribution is 2.20. The third kappa shape index (κ3) is 7.68. The average Bonchev–Trinajstić information content (AvgIpc) is 3.21. The van der Waals surface area contributed by atoms with Crippen LogP contribution in [0.5, 0.6) is 0 Å². The van der Waals surface area contributed by atoms with E-state index in [9.17, 15) is 0 Å². The van der Waals surface area contributed by atoms with E-state index in [4.69, 9.17) is 20.9 Å². The molecule has 1 aromatic carbocycles. The number of aliphatic imine (C=N–C) groups is 1. The molecular formula is C20H30ClIN6O2. The molecule has 0 saturated carbocycles. The number of piperidine rings is 1. The molecule has 0 spiro atoms. The van der Waals surface area contributed by atoms with Crippen LogP contribution in [0.4, 0.5) is 0 Å². The maximum absolute atomic E-state index is 6.03. The SMILES string of the molecule is CCNC(=NCc1nc(-c2cccc(Cl)c2)no1)NC1CCN(CCOC)CC1.I. The van der Waals surface area contributed by atoms with Gasteiger partial charge in [0, 0.05) is 49.9 Å². The number of rotatable bonds is 8. The second kappa shape index (κ2) is 13.1. The zero-order valence-electron chi connectivity index (χ0n) is 17.4. The van der Waals surface area contributed by atoms with Gasteiger partial charge in [0.1, 0.15) is 6.54 Å². The van der Waals surface area contributed by atoms with Gasteiger partial charge >= 0.3 is 0 Å². The zero-order valence-corrected chi connectivity index (χ0v) is 20.5. The van der Waals surface area contributed by atoms with E-state index in [-0.39, 0.29) is 24.0 Å². The number of nitrogens with one attached hydrogen (secondary N) is 2. The van der Waals surface area contributed by atoms with Crippen LogP contribution in [0.25, 0.3) is 11.4 Å². The minimum atomic E-state index is 0. The second-order valence-corrected chi connectivity index (χ2v) is 7.41. The van der Waals surface area contributed by atoms with Crippen molar-refractivity contribution in [2.45, 2.75) is 32.4 Å². The molecule has 1 aromatic heterocycles. The molecular weight excluding hydrogens is 519 g/mol. The number of aromatic nitrogens is 2. The van der Waals surface area contributed by atoms with Gasteiger partial charge in [-0.3, -0.25) is 0 Å². The van der Waals surface area contributed by atoms with E-state index in [2.05, 4.69) is 37.6 Å². The van der Waals surface area contributed by atoms with Crippen LogP contribution in [-0.2, 0) is 11.3 Å². The summed E-state index contributed by atoms with van der Waals surface area (Å²) in [7, 11) is 1.74. The maximum Gasteiger partial charge on any atom is 0.248 e. The van der Waals surface area contributed by atoms with Crippen molar-refractivity contribution in [1.29, 1.82) is 0 Å². The number of hydrogen-bond acceptors (Lipinski definition) is 6. The first kappa shape index (κ1) is 24.8. The lowest BCUT2D eigenvalue weighted by Gasteiger charge is -2.32. The molecule has 0 unspecified atom stereocenters. The lowest BCUT2D eigenvalue weighted by atomic mass is 10.1. The normalized spacial score (nSPS) is 15.6. The smallest absolute Gasteiger partial charge is 0.248 e. The number of halogens is 2. The highest BCUT2D eigenvalue weighted by atomic mass is 127. The van der Waals surface area contributed by atoms with Crippen molar-refractivity contribution in [1.82, 2.24) is 25.7 Å². The summed E-state index contributed by atoms with van der Waals surface area (Å²) in [6.07, 6.45) is 2.15. The number of benzene rings is 1. The van der Waals surface area contributed by atoms with Crippen molar-refractivity contribution in [3.8, 4) is 11.4 Å². The first-order chi connectivity index (χ1) is 14.2. The highest BCUT2D eigenvalue weighted by molar-refractivity contribution is 14.0. The lowest BCUT2D eigenvalue weighted by Crippen LogP contribution is -2.49. The number of methoxy groups -OCH3 is 1. The first-order valence-electron chi connectivity index (χ1n) is 10.0. The monoisotopic (exact) mass is 548 g/mol. The minimum absolute atomic E-state index is 0. The molecule has 166 valence electrons. The number of guanidine groups is 1. The van der Waals surface area contributed by atoms with E-state index in [1.165, 1.54) is 0 Å². The Morgan fingerprint density at radius 2 is 2.17 bits per heavy atom. The van der Waals surface area contributed by atoms with Crippen LogP contribution < -0.4 is 10.6 Å². The molecule has 10 heteroatoms. The van der Waals surface area contributed by atoms with Crippen molar-refractivity contribution in [3.63, 3.8) is 0 Å². The third-order valence-corrected chi connectivity index (χ3v) is 5.04. The van der Waals surface area contributed by atoms with Crippen LogP contribution in [-0.4, -0.2) is 66.9 Å². The molecule has 3 rings (SSSR count). The highest BCUT2D eigenvalue weighted by Gasteiger charge is 2.19. The Balaban J connectivity index is 0.00000320. The fourth-order valence-electron chi connectivity index (χ4n) is 3.25. The van der Waals surface area contributed by atoms with Crippen LogP contribution in [0.15, 0.2) is 33.8 Å². The Bertz CT molecular complexity index is 795. The largest absolute Gasteiger partial charge is 0.383 e. The van der Waals surface area contributed by atoms with Gasteiger partial charge in [-0.1, -0.05) is 28.9 Å². The third-order valence-electron chi connectivity index (χ3n) is 4.81. The van der Waals surface area contributed by atoms with Crippen LogP contribution in [0.3, 0.4) is 0 Å². The average molecular weight is 549 g/mol. The number of nitrogens with zero attached hydrogens (tertiary/aromatic N) is 4. The van der Waals surface area contributed by atoms with Crippen LogP contribution in [0.2, 0.25) is 5.02 Å². The summed E-state index contributed by atoms with van der Waals surface area (Å²) in [5.74, 6) is 1.75. The Hall–Kier alpha value is -1.43. The molecule has 0 aliphatic carbocycles. The number of likely N-dealkylation sites (tertiary alicyclic amines) is 1. The van der Waals surface area contributed by atoms with Crippen LogP contribution >= 0.6 is 35.6 Å². The van der Waals surface area contributed by atoms with Gasteiger partial charge in [-0.05, 0) is 31.9 Å². The van der Waals surface area contributed by atoms with Gasteiger partial charge in [-0.25, -0.2) is 4.99 Å². The summed E-state index contributed by atoms with van der Waals surface area (Å²) in [6, 6.07) is 7.78. The Labute approximate surface area is 199 Å². The molecule has 2 heterocycles. The molecule has 0 atom stereocenters. The second-order valence-electron chi connectivity index (χ2n) is 6.97. The van der Waals surface area contributed by atoms with Crippen molar-refractivity contribution in [2.75, 3.05) is 39.9 Å². The zero-order chi connectivity index (χ0) is 20.5. The van der Waals surface area contributed by atoms with E-state index >= 15 is 0 Å². The molecule has 1 saturated heterocycles. The quantitative estimate of drug-likeness (QED) is 0.298. The van der Waals surface area contributed by atoms with E-state index in [0.717, 1.165) is 57.2 Å². The first-order valence-corrected chi connectivity index (χ1v) is 10.4. The number of ether oxygens (including phenoxy) is 1. The maximum atomic E-state index is 6.03. The molecule has 2 aromatic rings. The molecule has 1 aliphatic heterocycles. The van der Waals surface area contributed by atoms with Crippen molar-refractivity contribution in [3.05, 3.63) is 35.2 Å². The molecule has 1 fully saturated rings. The van der Waals surface area contributed by atoms with Crippen LogP contribution in [0.1, 0.15) is 25.7 Å². The molecule has 2 N–H and O–H groups in total. The van der Waals surface area contributed by atoms with Gasteiger partial charge in [0.05, 0.1) is 6.61 Å². The molecule has 8 nitrogen and oxygen atoms in total. The van der Waals surface area contributed by atoms with Gasteiger partial charge < -0.3 is 24.8 Å². The fourth-order valence-corrected chi connectivity index (χ4v) is 3.44. The topological polar surface area (TPSA) is 87.8 Å². The number of hydrogen-bond donors (Lipinski definition) is 2. The predicted molar refractivity (Wildman–Crippen MR) is 129 cm³/mol. The standard InChI is InChI=1S/C20H29ClN6O2.HI/c1-3-22-20(24-17-7-9-27(10-8-17)11-12-28-2)23-14-18-25-19(26-29-18)15-5-4-6-16(21)13-15;/h4-6,13,17H,3,7-12,14H2,1-2H3,(H2,22,23,24);1H. The van der Waals surface area contributed by atoms with Gasteiger partial charge in [0.25, 0.3) is 0 Å². The van der Waals surface area contributed by atoms with Gasteiger partial charge in [-0.2, -0.15) is 4.98 Å². The predicted octanol–water partition coefficient (Wildman–Crippen LogP) is 3.17. The van der Waals surface area contributed by atoms with E-state index < -0.39 is 0 Å². The van der Waals surface area contributed by atoms with Gasteiger partial charge in [-0.15, -0.1) is 24.0 Å². The summed E-state index contributed by atoms with van der Waals surface area (Å²) in [5, 5.41) is 11.5. The summed E-state index contributed by atoms with van der Waals surface area (Å²) >= 11 is 6.03. The summed E-state index contributed by atoms with van der Waals surface area (Å²) < 4.78 is 10.5. The van der Waals surface area contributed by atoms with E-state index in [1.54, 1.807) is 7.11 Å². The Morgan fingerprint density at radius 3 is 2.87 bits per heavy atom. The van der Waals surface area contributed by atoms with E-state index in [1.807, 2.05) is 24.3 Å². The van der Waals surface area contributed by atoms with E-state index in [0.29, 0.717) is 29.3 Å². The van der Waals surface area contributed by atoms with Gasteiger partial charge in [0.15, 0.2) is 5.96 Å². The minimum Gasteiger partial charge on any atom is -0.383 e. The lowest BCUT2D eigenvalue weighted by molar-refractivity contribution is 0.128.